The van der Waals surface area contributed by atoms with Crippen LogP contribution in [0.25, 0.3) is 0 Å². The lowest BCUT2D eigenvalue weighted by atomic mass is 10.3. The number of terminal acetylenes is 1. The molecule has 68 valence electrons. The smallest absolute Gasteiger partial charge is 0.0803 e. The molecule has 0 saturated carbocycles. The van der Waals surface area contributed by atoms with E-state index in [9.17, 15) is 0 Å². The summed E-state index contributed by atoms with van der Waals surface area (Å²) in [5.41, 5.74) is 1.09. The van der Waals surface area contributed by atoms with Crippen LogP contribution in [0.1, 0.15) is 0 Å². The zero-order chi connectivity index (χ0) is 9.90. The summed E-state index contributed by atoms with van der Waals surface area (Å²) in [6.45, 7) is 6.93. The maximum atomic E-state index is 5.23. The molecule has 0 aliphatic rings. The third kappa shape index (κ3) is 2.36. The van der Waals surface area contributed by atoms with E-state index in [0.29, 0.717) is 0 Å². The SMILES string of the molecule is C#CNc1ccccc1[Si](C)(C)C. The Morgan fingerprint density at radius 1 is 1.23 bits per heavy atom. The Hall–Kier alpha value is -1.20. The average Bonchev–Trinajstić information content (AvgIpc) is 2.04. The molecule has 1 N–H and O–H groups in total. The van der Waals surface area contributed by atoms with Crippen LogP contribution in [0.4, 0.5) is 5.69 Å². The summed E-state index contributed by atoms with van der Waals surface area (Å²) in [5, 5.41) is 4.33. The van der Waals surface area contributed by atoms with Crippen LogP contribution in [0, 0.1) is 12.5 Å². The number of para-hydroxylation sites is 1. The molecule has 0 radical (unpaired) electrons. The molecule has 1 nitrogen and oxygen atoms in total. The third-order valence-corrected chi connectivity index (χ3v) is 3.99. The Bertz CT molecular complexity index is 331. The van der Waals surface area contributed by atoms with Gasteiger partial charge in [-0.3, -0.25) is 0 Å². The fourth-order valence-corrected chi connectivity index (χ4v) is 2.87. The van der Waals surface area contributed by atoms with Gasteiger partial charge in [0.1, 0.15) is 0 Å². The Morgan fingerprint density at radius 3 is 2.38 bits per heavy atom. The molecule has 0 aliphatic heterocycles. The van der Waals surface area contributed by atoms with Crippen LogP contribution in [0.3, 0.4) is 0 Å². The quantitative estimate of drug-likeness (QED) is 0.427. The van der Waals surface area contributed by atoms with Gasteiger partial charge in [-0.25, -0.2) is 0 Å². The van der Waals surface area contributed by atoms with Crippen molar-refractivity contribution in [1.29, 1.82) is 0 Å². The van der Waals surface area contributed by atoms with Crippen LogP contribution < -0.4 is 10.5 Å². The summed E-state index contributed by atoms with van der Waals surface area (Å²) < 4.78 is 0. The van der Waals surface area contributed by atoms with Crippen molar-refractivity contribution in [3.63, 3.8) is 0 Å². The number of hydrogen-bond acceptors (Lipinski definition) is 1. The minimum absolute atomic E-state index is 1.09. The maximum Gasteiger partial charge on any atom is 0.0803 e. The molecule has 0 amide bonds. The second-order valence-electron chi connectivity index (χ2n) is 4.06. The van der Waals surface area contributed by atoms with E-state index in [0.717, 1.165) is 5.69 Å². The number of hydrogen-bond donors (Lipinski definition) is 1. The van der Waals surface area contributed by atoms with Crippen molar-refractivity contribution >= 4 is 18.9 Å². The van der Waals surface area contributed by atoms with Gasteiger partial charge in [-0.05, 0) is 11.3 Å². The van der Waals surface area contributed by atoms with Crippen LogP contribution in [0.15, 0.2) is 24.3 Å². The van der Waals surface area contributed by atoms with E-state index in [2.05, 4.69) is 43.1 Å². The Labute approximate surface area is 81.2 Å². The summed E-state index contributed by atoms with van der Waals surface area (Å²) in [5.74, 6) is 0. The van der Waals surface area contributed by atoms with E-state index in [1.165, 1.54) is 5.19 Å². The molecule has 13 heavy (non-hydrogen) atoms. The minimum Gasteiger partial charge on any atom is -0.315 e. The highest BCUT2D eigenvalue weighted by Gasteiger charge is 2.19. The van der Waals surface area contributed by atoms with Crippen LogP contribution in [-0.4, -0.2) is 8.07 Å². The van der Waals surface area contributed by atoms with Crippen molar-refractivity contribution in [1.82, 2.24) is 0 Å². The molecule has 1 rings (SSSR count). The lowest BCUT2D eigenvalue weighted by molar-refractivity contribution is 1.62. The van der Waals surface area contributed by atoms with Crippen molar-refractivity contribution in [2.75, 3.05) is 5.32 Å². The highest BCUT2D eigenvalue weighted by molar-refractivity contribution is 6.89. The van der Waals surface area contributed by atoms with Crippen LogP contribution in [0.5, 0.6) is 0 Å². The predicted octanol–water partition coefficient (Wildman–Crippen LogP) is 2.23. The summed E-state index contributed by atoms with van der Waals surface area (Å²) in [7, 11) is -1.27. The lowest BCUT2D eigenvalue weighted by Crippen LogP contribution is -2.38. The van der Waals surface area contributed by atoms with Gasteiger partial charge in [-0.2, -0.15) is 0 Å². The molecule has 0 saturated heterocycles. The monoisotopic (exact) mass is 189 g/mol. The average molecular weight is 189 g/mol. The van der Waals surface area contributed by atoms with Crippen molar-refractivity contribution in [2.24, 2.45) is 0 Å². The van der Waals surface area contributed by atoms with Crippen molar-refractivity contribution in [3.8, 4) is 12.5 Å². The molecule has 0 spiro atoms. The second-order valence-corrected chi connectivity index (χ2v) is 9.10. The fraction of sp³-hybridized carbons (Fsp3) is 0.273. The van der Waals surface area contributed by atoms with Gasteiger partial charge in [0.05, 0.1) is 8.07 Å². The summed E-state index contributed by atoms with van der Waals surface area (Å²) in [6.07, 6.45) is 5.23. The maximum absolute atomic E-state index is 5.23. The van der Waals surface area contributed by atoms with E-state index in [4.69, 9.17) is 6.42 Å². The van der Waals surface area contributed by atoms with E-state index >= 15 is 0 Å². The van der Waals surface area contributed by atoms with E-state index in [-0.39, 0.29) is 0 Å². The molecule has 0 unspecified atom stereocenters. The third-order valence-electron chi connectivity index (χ3n) is 1.94. The van der Waals surface area contributed by atoms with E-state index in [1.807, 2.05) is 12.1 Å². The largest absolute Gasteiger partial charge is 0.315 e. The van der Waals surface area contributed by atoms with Gasteiger partial charge in [-0.15, -0.1) is 0 Å². The van der Waals surface area contributed by atoms with Crippen molar-refractivity contribution in [3.05, 3.63) is 24.3 Å². The first-order chi connectivity index (χ1) is 6.05. The van der Waals surface area contributed by atoms with E-state index < -0.39 is 8.07 Å². The molecule has 0 bridgehead atoms. The number of nitrogens with one attached hydrogen (secondary N) is 1. The zero-order valence-electron chi connectivity index (χ0n) is 8.39. The summed E-state index contributed by atoms with van der Waals surface area (Å²) in [6, 6.07) is 10.7. The molecule has 2 heteroatoms. The van der Waals surface area contributed by atoms with Gasteiger partial charge < -0.3 is 5.32 Å². The molecule has 0 fully saturated rings. The lowest BCUT2D eigenvalue weighted by Gasteiger charge is -2.19. The second kappa shape index (κ2) is 3.67. The van der Waals surface area contributed by atoms with Crippen LogP contribution in [-0.2, 0) is 0 Å². The number of benzene rings is 1. The first-order valence-electron chi connectivity index (χ1n) is 4.37. The first kappa shape index (κ1) is 9.88. The molecule has 0 aromatic heterocycles. The fourth-order valence-electron chi connectivity index (χ4n) is 1.32. The summed E-state index contributed by atoms with van der Waals surface area (Å²) >= 11 is 0. The molecule has 1 aromatic rings. The predicted molar refractivity (Wildman–Crippen MR) is 61.9 cm³/mol. The van der Waals surface area contributed by atoms with Gasteiger partial charge in [-0.1, -0.05) is 44.3 Å². The Morgan fingerprint density at radius 2 is 1.85 bits per heavy atom. The minimum atomic E-state index is -1.27. The van der Waals surface area contributed by atoms with Crippen molar-refractivity contribution in [2.45, 2.75) is 19.6 Å². The molecule has 1 aromatic carbocycles. The van der Waals surface area contributed by atoms with Crippen LogP contribution in [0.2, 0.25) is 19.6 Å². The van der Waals surface area contributed by atoms with E-state index in [1.54, 1.807) is 0 Å². The molecule has 0 heterocycles. The molecule has 0 atom stereocenters. The summed E-state index contributed by atoms with van der Waals surface area (Å²) in [4.78, 5) is 0. The molecular formula is C11H15NSi. The van der Waals surface area contributed by atoms with Gasteiger partial charge in [0.15, 0.2) is 0 Å². The molecule has 0 aliphatic carbocycles. The Kier molecular flexibility index (Phi) is 2.79. The van der Waals surface area contributed by atoms with Gasteiger partial charge in [0.25, 0.3) is 0 Å². The van der Waals surface area contributed by atoms with Gasteiger partial charge in [0, 0.05) is 11.7 Å². The van der Waals surface area contributed by atoms with Crippen LogP contribution >= 0.6 is 0 Å². The molecular weight excluding hydrogens is 174 g/mol. The van der Waals surface area contributed by atoms with Crippen molar-refractivity contribution < 1.29 is 0 Å². The normalized spacial score (nSPS) is 10.6. The highest BCUT2D eigenvalue weighted by atomic mass is 28.3. The van der Waals surface area contributed by atoms with Gasteiger partial charge in [0.2, 0.25) is 0 Å². The van der Waals surface area contributed by atoms with Gasteiger partial charge >= 0.3 is 0 Å². The standard InChI is InChI=1S/C11H15NSi/c1-5-12-10-8-6-7-9-11(10)13(2,3)4/h1,6-9,12H,2-4H3. The first-order valence-corrected chi connectivity index (χ1v) is 7.87. The number of anilines is 1. The number of rotatable bonds is 2. The Balaban J connectivity index is 3.14. The topological polar surface area (TPSA) is 12.0 Å². The highest BCUT2D eigenvalue weighted by Crippen LogP contribution is 2.10. The zero-order valence-corrected chi connectivity index (χ0v) is 9.39.